The predicted molar refractivity (Wildman–Crippen MR) is 83.4 cm³/mol. The van der Waals surface area contributed by atoms with E-state index in [0.29, 0.717) is 11.7 Å². The van der Waals surface area contributed by atoms with E-state index >= 15 is 0 Å². The van der Waals surface area contributed by atoms with Crippen LogP contribution in [0.2, 0.25) is 0 Å². The maximum absolute atomic E-state index is 12.3. The maximum atomic E-state index is 12.3. The molecule has 2 fully saturated rings. The average molecular weight is 287 g/mol. The molecule has 114 valence electrons. The van der Waals surface area contributed by atoms with E-state index in [2.05, 4.69) is 17.0 Å². The molecule has 1 aromatic rings. The summed E-state index contributed by atoms with van der Waals surface area (Å²) in [4.78, 5) is 14.9. The Kier molecular flexibility index (Phi) is 4.41. The summed E-state index contributed by atoms with van der Waals surface area (Å²) >= 11 is 0. The van der Waals surface area contributed by atoms with Crippen molar-refractivity contribution in [1.29, 1.82) is 0 Å². The van der Waals surface area contributed by atoms with Gasteiger partial charge in [-0.2, -0.15) is 0 Å². The Hall–Kier alpha value is -1.19. The molecular weight excluding hydrogens is 262 g/mol. The summed E-state index contributed by atoms with van der Waals surface area (Å²) in [6.45, 7) is 6.75. The molecule has 3 nitrogen and oxygen atoms in total. The Morgan fingerprint density at radius 1 is 1.29 bits per heavy atom. The number of piperidine rings is 1. The lowest BCUT2D eigenvalue weighted by Gasteiger charge is -2.41. The third-order valence-electron chi connectivity index (χ3n) is 5.25. The SMILES string of the molecule is CC(=O)C1(c2ccccc2)CCN(C[C@@H]2CCOC2)CC1. The average Bonchev–Trinajstić information content (AvgIpc) is 3.02. The summed E-state index contributed by atoms with van der Waals surface area (Å²) in [5.74, 6) is 1.00. The summed E-state index contributed by atoms with van der Waals surface area (Å²) in [5.41, 5.74) is 0.936. The van der Waals surface area contributed by atoms with Crippen LogP contribution < -0.4 is 0 Å². The topological polar surface area (TPSA) is 29.5 Å². The quantitative estimate of drug-likeness (QED) is 0.852. The van der Waals surface area contributed by atoms with Gasteiger partial charge in [-0.3, -0.25) is 4.79 Å². The molecule has 2 aliphatic heterocycles. The van der Waals surface area contributed by atoms with Gasteiger partial charge in [-0.25, -0.2) is 0 Å². The van der Waals surface area contributed by atoms with Crippen LogP contribution in [0.3, 0.4) is 0 Å². The molecule has 3 rings (SSSR count). The Morgan fingerprint density at radius 3 is 2.57 bits per heavy atom. The molecule has 0 bridgehead atoms. The van der Waals surface area contributed by atoms with Crippen LogP contribution >= 0.6 is 0 Å². The van der Waals surface area contributed by atoms with E-state index in [-0.39, 0.29) is 5.41 Å². The largest absolute Gasteiger partial charge is 0.381 e. The zero-order valence-electron chi connectivity index (χ0n) is 12.9. The molecule has 1 aromatic carbocycles. The molecule has 2 heterocycles. The van der Waals surface area contributed by atoms with Gasteiger partial charge in [0.1, 0.15) is 5.78 Å². The normalized spacial score (nSPS) is 25.9. The van der Waals surface area contributed by atoms with Gasteiger partial charge in [0, 0.05) is 13.2 Å². The summed E-state index contributed by atoms with van der Waals surface area (Å²) < 4.78 is 5.47. The van der Waals surface area contributed by atoms with Gasteiger partial charge in [-0.15, -0.1) is 0 Å². The number of carbonyl (C=O) groups is 1. The van der Waals surface area contributed by atoms with Crippen LogP contribution in [0.4, 0.5) is 0 Å². The Balaban J connectivity index is 1.67. The fourth-order valence-corrected chi connectivity index (χ4v) is 3.81. The molecule has 0 saturated carbocycles. The van der Waals surface area contributed by atoms with Crippen molar-refractivity contribution in [3.05, 3.63) is 35.9 Å². The third kappa shape index (κ3) is 3.04. The fourth-order valence-electron chi connectivity index (χ4n) is 3.81. The van der Waals surface area contributed by atoms with Gasteiger partial charge in [-0.05, 0) is 50.8 Å². The highest BCUT2D eigenvalue weighted by Crippen LogP contribution is 2.36. The first kappa shape index (κ1) is 14.7. The third-order valence-corrected chi connectivity index (χ3v) is 5.25. The number of likely N-dealkylation sites (tertiary alicyclic amines) is 1. The van der Waals surface area contributed by atoms with Crippen molar-refractivity contribution < 1.29 is 9.53 Å². The minimum absolute atomic E-state index is 0.260. The molecule has 0 radical (unpaired) electrons. The predicted octanol–water partition coefficient (Wildman–Crippen LogP) is 2.65. The van der Waals surface area contributed by atoms with Crippen LogP contribution in [-0.4, -0.2) is 43.5 Å². The molecule has 21 heavy (non-hydrogen) atoms. The monoisotopic (exact) mass is 287 g/mol. The lowest BCUT2D eigenvalue weighted by molar-refractivity contribution is -0.124. The summed E-state index contributed by atoms with van der Waals surface area (Å²) in [7, 11) is 0. The molecule has 0 spiro atoms. The Morgan fingerprint density at radius 2 is 2.00 bits per heavy atom. The van der Waals surface area contributed by atoms with Gasteiger partial charge < -0.3 is 9.64 Å². The van der Waals surface area contributed by atoms with Crippen LogP contribution in [0.1, 0.15) is 31.7 Å². The second-order valence-corrected chi connectivity index (χ2v) is 6.53. The van der Waals surface area contributed by atoms with E-state index in [1.54, 1.807) is 6.92 Å². The number of carbonyl (C=O) groups excluding carboxylic acids is 1. The van der Waals surface area contributed by atoms with Crippen LogP contribution in [0.25, 0.3) is 0 Å². The van der Waals surface area contributed by atoms with Gasteiger partial charge in [0.15, 0.2) is 0 Å². The number of hydrogen-bond acceptors (Lipinski definition) is 3. The van der Waals surface area contributed by atoms with E-state index < -0.39 is 0 Å². The lowest BCUT2D eigenvalue weighted by Crippen LogP contribution is -2.47. The van der Waals surface area contributed by atoms with E-state index in [9.17, 15) is 4.79 Å². The van der Waals surface area contributed by atoms with Crippen molar-refractivity contribution in [2.75, 3.05) is 32.8 Å². The van der Waals surface area contributed by atoms with Crippen molar-refractivity contribution in [3.63, 3.8) is 0 Å². The molecule has 2 aliphatic rings. The van der Waals surface area contributed by atoms with Crippen LogP contribution in [0.5, 0.6) is 0 Å². The van der Waals surface area contributed by atoms with Crippen LogP contribution in [0, 0.1) is 5.92 Å². The highest BCUT2D eigenvalue weighted by molar-refractivity contribution is 5.88. The van der Waals surface area contributed by atoms with Crippen molar-refractivity contribution >= 4 is 5.78 Å². The summed E-state index contributed by atoms with van der Waals surface area (Å²) in [5, 5.41) is 0. The standard InChI is InChI=1S/C18H25NO2/c1-15(20)18(17-5-3-2-4-6-17)8-10-19(11-9-18)13-16-7-12-21-14-16/h2-6,16H,7-14H2,1H3/t16-/m0/s1. The van der Waals surface area contributed by atoms with Crippen molar-refractivity contribution in [1.82, 2.24) is 4.90 Å². The van der Waals surface area contributed by atoms with E-state index in [1.165, 1.54) is 12.0 Å². The first-order valence-corrected chi connectivity index (χ1v) is 8.07. The number of hydrogen-bond donors (Lipinski definition) is 0. The molecule has 0 amide bonds. The minimum Gasteiger partial charge on any atom is -0.381 e. The van der Waals surface area contributed by atoms with Gasteiger partial charge in [0.25, 0.3) is 0 Å². The zero-order chi connectivity index (χ0) is 14.7. The Labute approximate surface area is 127 Å². The number of rotatable bonds is 4. The van der Waals surface area contributed by atoms with Crippen molar-refractivity contribution in [3.8, 4) is 0 Å². The molecule has 3 heteroatoms. The zero-order valence-corrected chi connectivity index (χ0v) is 12.9. The first-order valence-electron chi connectivity index (χ1n) is 8.07. The number of ketones is 1. The molecule has 1 atom stereocenters. The van der Waals surface area contributed by atoms with Crippen molar-refractivity contribution in [2.45, 2.75) is 31.6 Å². The van der Waals surface area contributed by atoms with Crippen LogP contribution in [-0.2, 0) is 14.9 Å². The summed E-state index contributed by atoms with van der Waals surface area (Å²) in [6.07, 6.45) is 3.08. The van der Waals surface area contributed by atoms with E-state index in [4.69, 9.17) is 4.74 Å². The minimum atomic E-state index is -0.260. The highest BCUT2D eigenvalue weighted by atomic mass is 16.5. The van der Waals surface area contributed by atoms with E-state index in [1.807, 2.05) is 18.2 Å². The molecule has 2 saturated heterocycles. The maximum Gasteiger partial charge on any atom is 0.140 e. The molecular formula is C18H25NO2. The number of nitrogens with zero attached hydrogens (tertiary/aromatic N) is 1. The highest BCUT2D eigenvalue weighted by Gasteiger charge is 2.40. The summed E-state index contributed by atoms with van der Waals surface area (Å²) in [6, 6.07) is 10.3. The first-order chi connectivity index (χ1) is 10.2. The van der Waals surface area contributed by atoms with E-state index in [0.717, 1.165) is 45.7 Å². The van der Waals surface area contributed by atoms with Crippen LogP contribution in [0.15, 0.2) is 30.3 Å². The molecule has 0 aromatic heterocycles. The van der Waals surface area contributed by atoms with Gasteiger partial charge in [0.05, 0.1) is 12.0 Å². The van der Waals surface area contributed by atoms with Gasteiger partial charge in [0.2, 0.25) is 0 Å². The number of ether oxygens (including phenoxy) is 1. The molecule has 0 N–H and O–H groups in total. The molecule has 0 aliphatic carbocycles. The lowest BCUT2D eigenvalue weighted by atomic mass is 9.70. The fraction of sp³-hybridized carbons (Fsp3) is 0.611. The number of Topliss-reactive ketones (excluding diaryl/α,β-unsaturated/α-hetero) is 1. The smallest absolute Gasteiger partial charge is 0.140 e. The Bertz CT molecular complexity index is 471. The van der Waals surface area contributed by atoms with Gasteiger partial charge >= 0.3 is 0 Å². The van der Waals surface area contributed by atoms with Crippen molar-refractivity contribution in [2.24, 2.45) is 5.92 Å². The second kappa shape index (κ2) is 6.29. The molecule has 0 unspecified atom stereocenters. The second-order valence-electron chi connectivity index (χ2n) is 6.53. The number of benzene rings is 1. The van der Waals surface area contributed by atoms with Gasteiger partial charge in [-0.1, -0.05) is 30.3 Å².